The van der Waals surface area contributed by atoms with Crippen molar-refractivity contribution in [3.8, 4) is 0 Å². The molecule has 1 amide bonds. The number of hydrogen-bond donors (Lipinski definition) is 2. The van der Waals surface area contributed by atoms with Crippen LogP contribution < -0.4 is 5.32 Å². The monoisotopic (exact) mass is 360 g/mol. The van der Waals surface area contributed by atoms with E-state index in [-0.39, 0.29) is 38.3 Å². The number of aryl methyl sites for hydroxylation is 1. The van der Waals surface area contributed by atoms with E-state index in [1.807, 2.05) is 0 Å². The highest BCUT2D eigenvalue weighted by atomic mass is 19.4. The van der Waals surface area contributed by atoms with Crippen LogP contribution in [0.5, 0.6) is 0 Å². The Morgan fingerprint density at radius 3 is 2.76 bits per heavy atom. The molecule has 1 aliphatic rings. The lowest BCUT2D eigenvalue weighted by molar-refractivity contribution is -0.237. The van der Waals surface area contributed by atoms with Crippen molar-refractivity contribution < 1.29 is 32.6 Å². The summed E-state index contributed by atoms with van der Waals surface area (Å²) in [5, 5.41) is 11.6. The Balaban J connectivity index is 1.89. The largest absolute Gasteiger partial charge is 0.478 e. The van der Waals surface area contributed by atoms with E-state index in [1.54, 1.807) is 13.0 Å². The van der Waals surface area contributed by atoms with Crippen molar-refractivity contribution in [2.45, 2.75) is 25.7 Å². The minimum atomic E-state index is -4.45. The van der Waals surface area contributed by atoms with Crippen LogP contribution in [0.3, 0.4) is 0 Å². The quantitative estimate of drug-likeness (QED) is 0.833. The number of carboxylic acids is 1. The predicted octanol–water partition coefficient (Wildman–Crippen LogP) is 1.57. The van der Waals surface area contributed by atoms with Gasteiger partial charge in [-0.2, -0.15) is 13.2 Å². The molecule has 2 rings (SSSR count). The van der Waals surface area contributed by atoms with Gasteiger partial charge in [0.15, 0.2) is 6.10 Å². The molecule has 0 bridgehead atoms. The minimum absolute atomic E-state index is 0.0861. The van der Waals surface area contributed by atoms with Gasteiger partial charge in [-0.3, -0.25) is 9.69 Å². The van der Waals surface area contributed by atoms with Crippen molar-refractivity contribution in [1.29, 1.82) is 0 Å². The predicted molar refractivity (Wildman–Crippen MR) is 82.2 cm³/mol. The number of carbonyl (C=O) groups is 2. The first kappa shape index (κ1) is 19.2. The second kappa shape index (κ2) is 7.83. The maximum atomic E-state index is 12.7. The highest BCUT2D eigenvalue weighted by Gasteiger charge is 2.43. The van der Waals surface area contributed by atoms with Crippen LogP contribution in [-0.2, 0) is 16.1 Å². The molecule has 0 aromatic heterocycles. The number of hydrogen-bond acceptors (Lipinski definition) is 4. The van der Waals surface area contributed by atoms with Crippen molar-refractivity contribution in [2.24, 2.45) is 0 Å². The minimum Gasteiger partial charge on any atom is -0.478 e. The van der Waals surface area contributed by atoms with E-state index < -0.39 is 24.2 Å². The zero-order chi connectivity index (χ0) is 18.6. The Bertz CT molecular complexity index is 649. The molecule has 1 aromatic carbocycles. The molecule has 9 heteroatoms. The van der Waals surface area contributed by atoms with Gasteiger partial charge in [0.25, 0.3) is 0 Å². The van der Waals surface area contributed by atoms with E-state index in [1.165, 1.54) is 17.0 Å². The molecule has 1 atom stereocenters. The number of morpholine rings is 1. The van der Waals surface area contributed by atoms with Crippen molar-refractivity contribution in [1.82, 2.24) is 10.2 Å². The van der Waals surface area contributed by atoms with Gasteiger partial charge in [-0.15, -0.1) is 0 Å². The lowest BCUT2D eigenvalue weighted by Crippen LogP contribution is -2.51. The number of benzene rings is 1. The summed E-state index contributed by atoms with van der Waals surface area (Å²) >= 11 is 0. The molecule has 0 spiro atoms. The van der Waals surface area contributed by atoms with Gasteiger partial charge in [0.1, 0.15) is 0 Å². The number of nitrogens with zero attached hydrogens (tertiary/aromatic N) is 1. The summed E-state index contributed by atoms with van der Waals surface area (Å²) in [5.41, 5.74) is 1.56. The van der Waals surface area contributed by atoms with Gasteiger partial charge in [0.2, 0.25) is 5.91 Å². The van der Waals surface area contributed by atoms with Gasteiger partial charge in [0.05, 0.1) is 18.7 Å². The fourth-order valence-corrected chi connectivity index (χ4v) is 2.49. The Morgan fingerprint density at radius 2 is 2.12 bits per heavy atom. The Morgan fingerprint density at radius 1 is 1.40 bits per heavy atom. The van der Waals surface area contributed by atoms with Gasteiger partial charge in [-0.25, -0.2) is 4.79 Å². The van der Waals surface area contributed by atoms with Gasteiger partial charge in [-0.1, -0.05) is 6.07 Å². The van der Waals surface area contributed by atoms with Gasteiger partial charge < -0.3 is 15.2 Å². The molecule has 138 valence electrons. The van der Waals surface area contributed by atoms with Gasteiger partial charge in [-0.05, 0) is 30.2 Å². The van der Waals surface area contributed by atoms with Crippen LogP contribution in [-0.4, -0.2) is 60.4 Å². The van der Waals surface area contributed by atoms with Crippen molar-refractivity contribution >= 4 is 11.9 Å². The summed E-state index contributed by atoms with van der Waals surface area (Å²) in [5.74, 6) is -1.50. The molecule has 2 N–H and O–H groups in total. The van der Waals surface area contributed by atoms with Crippen LogP contribution in [0, 0.1) is 6.92 Å². The molecular weight excluding hydrogens is 341 g/mol. The summed E-state index contributed by atoms with van der Waals surface area (Å²) in [6.07, 6.45) is -6.34. The summed E-state index contributed by atoms with van der Waals surface area (Å²) in [6.45, 7) is 1.49. The van der Waals surface area contributed by atoms with Crippen molar-refractivity contribution in [3.05, 3.63) is 34.9 Å². The number of ether oxygens (including phenoxy) is 1. The lowest BCUT2D eigenvalue weighted by atomic mass is 10.0. The summed E-state index contributed by atoms with van der Waals surface area (Å²) in [7, 11) is 0. The molecule has 0 unspecified atom stereocenters. The maximum absolute atomic E-state index is 12.7. The third-order valence-electron chi connectivity index (χ3n) is 3.95. The van der Waals surface area contributed by atoms with E-state index in [4.69, 9.17) is 5.11 Å². The van der Waals surface area contributed by atoms with E-state index in [0.29, 0.717) is 5.56 Å². The third-order valence-corrected chi connectivity index (χ3v) is 3.95. The SMILES string of the molecule is Cc1ccc(C(=O)O)cc1CNC(=O)CN1CCO[C@@H](C(F)(F)F)C1. The fourth-order valence-electron chi connectivity index (χ4n) is 2.49. The van der Waals surface area contributed by atoms with Crippen LogP contribution in [0.15, 0.2) is 18.2 Å². The topological polar surface area (TPSA) is 78.9 Å². The van der Waals surface area contributed by atoms with Crippen molar-refractivity contribution in [2.75, 3.05) is 26.2 Å². The fraction of sp³-hybridized carbons (Fsp3) is 0.500. The van der Waals surface area contributed by atoms with Crippen LogP contribution >= 0.6 is 0 Å². The number of carbonyl (C=O) groups excluding carboxylic acids is 1. The number of rotatable bonds is 5. The average Bonchev–Trinajstić information content (AvgIpc) is 2.53. The Kier molecular flexibility index (Phi) is 6.02. The number of halogens is 3. The zero-order valence-electron chi connectivity index (χ0n) is 13.6. The number of nitrogens with one attached hydrogen (secondary N) is 1. The third kappa shape index (κ3) is 5.43. The first-order chi connectivity index (χ1) is 11.7. The van der Waals surface area contributed by atoms with Crippen molar-refractivity contribution in [3.63, 3.8) is 0 Å². The normalized spacial score (nSPS) is 18.8. The van der Waals surface area contributed by atoms with E-state index in [9.17, 15) is 22.8 Å². The molecule has 1 heterocycles. The van der Waals surface area contributed by atoms with E-state index in [2.05, 4.69) is 10.1 Å². The molecule has 0 radical (unpaired) electrons. The average molecular weight is 360 g/mol. The summed E-state index contributed by atoms with van der Waals surface area (Å²) < 4.78 is 42.7. The number of alkyl halides is 3. The number of aromatic carboxylic acids is 1. The van der Waals surface area contributed by atoms with E-state index in [0.717, 1.165) is 5.56 Å². The maximum Gasteiger partial charge on any atom is 0.415 e. The van der Waals surface area contributed by atoms with Crippen LogP contribution in [0.1, 0.15) is 21.5 Å². The molecule has 1 aromatic rings. The molecular formula is C16H19F3N2O4. The lowest BCUT2D eigenvalue weighted by Gasteiger charge is -2.33. The molecule has 1 saturated heterocycles. The highest BCUT2D eigenvalue weighted by Crippen LogP contribution is 2.25. The molecule has 0 saturated carbocycles. The summed E-state index contributed by atoms with van der Waals surface area (Å²) in [6, 6.07) is 4.57. The first-order valence-corrected chi connectivity index (χ1v) is 7.67. The smallest absolute Gasteiger partial charge is 0.415 e. The second-order valence-electron chi connectivity index (χ2n) is 5.86. The van der Waals surface area contributed by atoms with E-state index >= 15 is 0 Å². The van der Waals surface area contributed by atoms with Gasteiger partial charge >= 0.3 is 12.1 Å². The molecule has 1 aliphatic heterocycles. The molecule has 6 nitrogen and oxygen atoms in total. The Labute approximate surface area is 142 Å². The standard InChI is InChI=1S/C16H19F3N2O4/c1-10-2-3-11(15(23)24)6-12(10)7-20-14(22)9-21-4-5-25-13(8-21)16(17,18)19/h2-3,6,13H,4-5,7-9H2,1H3,(H,20,22)(H,23,24)/t13-/m1/s1. The van der Waals surface area contributed by atoms with Crippen LogP contribution in [0.25, 0.3) is 0 Å². The zero-order valence-corrected chi connectivity index (χ0v) is 13.6. The number of amides is 1. The highest BCUT2D eigenvalue weighted by molar-refractivity contribution is 5.88. The van der Waals surface area contributed by atoms with Gasteiger partial charge in [0, 0.05) is 19.6 Å². The first-order valence-electron chi connectivity index (χ1n) is 7.67. The number of carboxylic acid groups (broad SMARTS) is 1. The van der Waals surface area contributed by atoms with Crippen LogP contribution in [0.4, 0.5) is 13.2 Å². The molecule has 25 heavy (non-hydrogen) atoms. The molecule has 0 aliphatic carbocycles. The molecule has 1 fully saturated rings. The second-order valence-corrected chi connectivity index (χ2v) is 5.86. The van der Waals surface area contributed by atoms with Crippen LogP contribution in [0.2, 0.25) is 0 Å². The summed E-state index contributed by atoms with van der Waals surface area (Å²) in [4.78, 5) is 24.3. The Hall–Kier alpha value is -2.13.